The van der Waals surface area contributed by atoms with Crippen LogP contribution in [0.25, 0.3) is 5.57 Å². The van der Waals surface area contributed by atoms with Crippen LogP contribution in [0.5, 0.6) is 0 Å². The molecule has 4 heteroatoms. The highest BCUT2D eigenvalue weighted by molar-refractivity contribution is 7.80. The molecule has 0 bridgehead atoms. The van der Waals surface area contributed by atoms with Gasteiger partial charge in [-0.15, -0.1) is 12.6 Å². The fourth-order valence-electron chi connectivity index (χ4n) is 1.74. The van der Waals surface area contributed by atoms with Crippen molar-refractivity contribution in [3.63, 3.8) is 0 Å². The summed E-state index contributed by atoms with van der Waals surface area (Å²) < 4.78 is 0. The third-order valence-electron chi connectivity index (χ3n) is 2.45. The molecule has 0 unspecified atom stereocenters. The average molecular weight is 208 g/mol. The summed E-state index contributed by atoms with van der Waals surface area (Å²) in [6.45, 7) is 0. The number of aromatic nitrogens is 2. The summed E-state index contributed by atoms with van der Waals surface area (Å²) in [5.74, 6) is 0. The number of nitrogens with one attached hydrogen (secondary N) is 1. The second-order valence-electron chi connectivity index (χ2n) is 3.41. The molecule has 0 fully saturated rings. The molecule has 1 aliphatic carbocycles. The van der Waals surface area contributed by atoms with Crippen LogP contribution >= 0.6 is 12.6 Å². The molecular weight excluding hydrogens is 196 g/mol. The quantitative estimate of drug-likeness (QED) is 0.548. The van der Waals surface area contributed by atoms with E-state index >= 15 is 0 Å². The third-order valence-corrected chi connectivity index (χ3v) is 2.78. The normalized spacial score (nSPS) is 16.5. The highest BCUT2D eigenvalue weighted by atomic mass is 32.1. The molecule has 0 spiro atoms. The molecular formula is C10H12N2OS. The van der Waals surface area contributed by atoms with Crippen LogP contribution < -0.4 is 5.56 Å². The predicted molar refractivity (Wildman–Crippen MR) is 58.6 cm³/mol. The molecule has 1 aromatic rings. The summed E-state index contributed by atoms with van der Waals surface area (Å²) in [6.07, 6.45) is 7.88. The monoisotopic (exact) mass is 208 g/mol. The predicted octanol–water partition coefficient (Wildman–Crippen LogP) is 2.02. The summed E-state index contributed by atoms with van der Waals surface area (Å²) in [4.78, 5) is 18.1. The second-order valence-corrected chi connectivity index (χ2v) is 3.83. The van der Waals surface area contributed by atoms with Gasteiger partial charge in [-0.05, 0) is 31.3 Å². The fraction of sp³-hybridized carbons (Fsp3) is 0.400. The average Bonchev–Trinajstić information content (AvgIpc) is 2.19. The van der Waals surface area contributed by atoms with E-state index in [1.165, 1.54) is 12.7 Å². The van der Waals surface area contributed by atoms with E-state index in [0.29, 0.717) is 10.6 Å². The van der Waals surface area contributed by atoms with Crippen LogP contribution in [0.4, 0.5) is 0 Å². The molecule has 0 aromatic carbocycles. The maximum absolute atomic E-state index is 11.6. The Morgan fingerprint density at radius 2 is 2.29 bits per heavy atom. The van der Waals surface area contributed by atoms with Crippen molar-refractivity contribution in [1.29, 1.82) is 0 Å². The number of hydrogen-bond acceptors (Lipinski definition) is 3. The van der Waals surface area contributed by atoms with Crippen LogP contribution in [-0.4, -0.2) is 9.97 Å². The van der Waals surface area contributed by atoms with Crippen molar-refractivity contribution in [3.05, 3.63) is 28.3 Å². The van der Waals surface area contributed by atoms with Gasteiger partial charge in [0, 0.05) is 0 Å². The van der Waals surface area contributed by atoms with E-state index in [0.717, 1.165) is 24.8 Å². The zero-order valence-corrected chi connectivity index (χ0v) is 8.68. The lowest BCUT2D eigenvalue weighted by Gasteiger charge is -2.12. The Hall–Kier alpha value is -1.03. The lowest BCUT2D eigenvalue weighted by Crippen LogP contribution is -2.14. The molecule has 1 aliphatic rings. The molecule has 0 saturated carbocycles. The molecule has 1 heterocycles. The Kier molecular flexibility index (Phi) is 2.72. The Morgan fingerprint density at radius 1 is 1.43 bits per heavy atom. The van der Waals surface area contributed by atoms with Crippen molar-refractivity contribution in [3.8, 4) is 0 Å². The first-order valence-corrected chi connectivity index (χ1v) is 5.20. The van der Waals surface area contributed by atoms with E-state index in [1.807, 2.05) is 0 Å². The van der Waals surface area contributed by atoms with Crippen molar-refractivity contribution in [2.24, 2.45) is 0 Å². The Balaban J connectivity index is 2.50. The SMILES string of the molecule is O=c1[nH]cnc(S)c1C1=CCCCC1. The van der Waals surface area contributed by atoms with Crippen LogP contribution in [0.1, 0.15) is 31.2 Å². The molecule has 0 radical (unpaired) electrons. The zero-order chi connectivity index (χ0) is 9.97. The minimum atomic E-state index is -0.0850. The van der Waals surface area contributed by atoms with Crippen molar-refractivity contribution < 1.29 is 0 Å². The number of hydrogen-bond donors (Lipinski definition) is 2. The van der Waals surface area contributed by atoms with E-state index in [2.05, 4.69) is 28.7 Å². The largest absolute Gasteiger partial charge is 0.313 e. The zero-order valence-electron chi connectivity index (χ0n) is 7.79. The smallest absolute Gasteiger partial charge is 0.259 e. The first kappa shape index (κ1) is 9.52. The van der Waals surface area contributed by atoms with Crippen LogP contribution in [0.3, 0.4) is 0 Å². The molecule has 14 heavy (non-hydrogen) atoms. The standard InChI is InChI=1S/C10H12N2OS/c13-9-8(10(14)12-6-11-9)7-4-2-1-3-5-7/h4,6H,1-3,5H2,(H2,11,12,13,14). The van der Waals surface area contributed by atoms with Gasteiger partial charge in [0.1, 0.15) is 5.03 Å². The number of allylic oxidation sites excluding steroid dienone is 2. The summed E-state index contributed by atoms with van der Waals surface area (Å²) in [5, 5.41) is 0.530. The van der Waals surface area contributed by atoms with Crippen molar-refractivity contribution >= 4 is 18.2 Å². The molecule has 0 saturated heterocycles. The van der Waals surface area contributed by atoms with Gasteiger partial charge >= 0.3 is 0 Å². The molecule has 3 nitrogen and oxygen atoms in total. The summed E-state index contributed by atoms with van der Waals surface area (Å²) in [6, 6.07) is 0. The first-order valence-electron chi connectivity index (χ1n) is 4.75. The number of nitrogens with zero attached hydrogens (tertiary/aromatic N) is 1. The minimum absolute atomic E-state index is 0.0850. The molecule has 0 amide bonds. The molecule has 0 atom stereocenters. The molecule has 1 N–H and O–H groups in total. The van der Waals surface area contributed by atoms with Gasteiger partial charge in [-0.2, -0.15) is 0 Å². The number of thiol groups is 1. The van der Waals surface area contributed by atoms with Gasteiger partial charge in [0.2, 0.25) is 0 Å². The minimum Gasteiger partial charge on any atom is -0.313 e. The third kappa shape index (κ3) is 1.75. The summed E-state index contributed by atoms with van der Waals surface area (Å²) in [7, 11) is 0. The van der Waals surface area contributed by atoms with Gasteiger partial charge in [0.25, 0.3) is 5.56 Å². The van der Waals surface area contributed by atoms with Crippen molar-refractivity contribution in [1.82, 2.24) is 9.97 Å². The molecule has 1 aromatic heterocycles. The van der Waals surface area contributed by atoms with E-state index < -0.39 is 0 Å². The van der Waals surface area contributed by atoms with Gasteiger partial charge in [0.15, 0.2) is 0 Å². The van der Waals surface area contributed by atoms with Gasteiger partial charge in [-0.25, -0.2) is 4.98 Å². The molecule has 0 aliphatic heterocycles. The Bertz CT molecular complexity index is 422. The van der Waals surface area contributed by atoms with E-state index in [4.69, 9.17) is 0 Å². The van der Waals surface area contributed by atoms with Crippen LogP contribution in [0.2, 0.25) is 0 Å². The number of aromatic amines is 1. The number of H-pyrrole nitrogens is 1. The highest BCUT2D eigenvalue weighted by Crippen LogP contribution is 2.26. The molecule has 74 valence electrons. The topological polar surface area (TPSA) is 45.8 Å². The van der Waals surface area contributed by atoms with Gasteiger partial charge in [0.05, 0.1) is 11.9 Å². The van der Waals surface area contributed by atoms with Gasteiger partial charge in [-0.3, -0.25) is 4.79 Å². The van der Waals surface area contributed by atoms with E-state index in [9.17, 15) is 4.79 Å². The second kappa shape index (κ2) is 4.00. The van der Waals surface area contributed by atoms with Crippen molar-refractivity contribution in [2.75, 3.05) is 0 Å². The number of rotatable bonds is 1. The Labute approximate surface area is 87.7 Å². The van der Waals surface area contributed by atoms with Crippen molar-refractivity contribution in [2.45, 2.75) is 30.7 Å². The van der Waals surface area contributed by atoms with E-state index in [1.54, 1.807) is 0 Å². The van der Waals surface area contributed by atoms with Crippen LogP contribution in [0.15, 0.2) is 22.2 Å². The fourth-order valence-corrected chi connectivity index (χ4v) is 2.05. The van der Waals surface area contributed by atoms with Gasteiger partial charge < -0.3 is 4.98 Å². The maximum atomic E-state index is 11.6. The molecule has 2 rings (SSSR count). The van der Waals surface area contributed by atoms with Crippen LogP contribution in [-0.2, 0) is 0 Å². The first-order chi connectivity index (χ1) is 6.79. The van der Waals surface area contributed by atoms with Crippen LogP contribution in [0, 0.1) is 0 Å². The maximum Gasteiger partial charge on any atom is 0.259 e. The summed E-state index contributed by atoms with van der Waals surface area (Å²) >= 11 is 4.21. The lowest BCUT2D eigenvalue weighted by molar-refractivity contribution is 0.738. The summed E-state index contributed by atoms with van der Waals surface area (Å²) in [5.41, 5.74) is 1.66. The highest BCUT2D eigenvalue weighted by Gasteiger charge is 2.13. The van der Waals surface area contributed by atoms with Gasteiger partial charge in [-0.1, -0.05) is 6.08 Å². The van der Waals surface area contributed by atoms with E-state index in [-0.39, 0.29) is 5.56 Å². The Morgan fingerprint density at radius 3 is 2.93 bits per heavy atom. The lowest BCUT2D eigenvalue weighted by atomic mass is 9.95.